The molecule has 0 saturated carbocycles. The van der Waals surface area contributed by atoms with Crippen molar-refractivity contribution in [2.75, 3.05) is 13.6 Å². The van der Waals surface area contributed by atoms with E-state index in [1.807, 2.05) is 22.3 Å². The molecule has 0 bridgehead atoms. The Hall–Kier alpha value is -7.58. The van der Waals surface area contributed by atoms with Crippen molar-refractivity contribution in [3.8, 4) is 0 Å². The van der Waals surface area contributed by atoms with Crippen LogP contribution in [0.1, 0.15) is 48.4 Å². The molecule has 288 valence electrons. The van der Waals surface area contributed by atoms with Gasteiger partial charge in [-0.2, -0.15) is 0 Å². The number of likely N-dealkylation sites (N-methyl/N-ethyl adjacent to an activating group) is 1. The van der Waals surface area contributed by atoms with Gasteiger partial charge in [0.15, 0.2) is 0 Å². The van der Waals surface area contributed by atoms with E-state index in [0.717, 1.165) is 6.54 Å². The van der Waals surface area contributed by atoms with Crippen LogP contribution in [0.25, 0.3) is 291 Å². The monoisotopic (exact) mass is 833 g/mol. The van der Waals surface area contributed by atoms with Crippen molar-refractivity contribution in [1.82, 2.24) is 4.90 Å². The van der Waals surface area contributed by atoms with E-state index in [4.69, 9.17) is 0 Å². The fraction of sp³-hybridized carbons (Fsp3) is 0.134. The normalized spacial score (nSPS) is 24.4. The van der Waals surface area contributed by atoms with E-state index in [1.54, 1.807) is 291 Å². The molecule has 1 fully saturated rings. The second-order valence-corrected chi connectivity index (χ2v) is 26.0. The van der Waals surface area contributed by atoms with E-state index in [-0.39, 0.29) is 10.8 Å². The molecule has 28 aromatic carbocycles. The molecule has 4 aliphatic carbocycles. The highest BCUT2D eigenvalue weighted by Crippen LogP contribution is 2.86. The lowest BCUT2D eigenvalue weighted by Gasteiger charge is -2.52. The zero-order chi connectivity index (χ0) is 40.5. The molecule has 1 saturated heterocycles. The molecule has 1 heterocycles. The second kappa shape index (κ2) is 5.71. The average molecular weight is 834 g/mol. The summed E-state index contributed by atoms with van der Waals surface area (Å²) in [7, 11) is 2.62. The van der Waals surface area contributed by atoms with Crippen molar-refractivity contribution in [1.29, 1.82) is 0 Å². The third-order valence-electron chi connectivity index (χ3n) is 25.9. The average Bonchev–Trinajstić information content (AvgIpc) is 4.25. The van der Waals surface area contributed by atoms with Crippen LogP contribution in [0, 0.1) is 0 Å². The lowest BCUT2D eigenvalue weighted by Crippen LogP contribution is -2.54. The molecule has 1 heteroatoms. The van der Waals surface area contributed by atoms with Crippen molar-refractivity contribution >= 4 is 291 Å². The Morgan fingerprint density at radius 2 is 0.456 bits per heavy atom. The Labute approximate surface area is 372 Å². The molecule has 68 heavy (non-hydrogen) atoms. The molecular formula is C67H15N. The first kappa shape index (κ1) is 25.5. The fourth-order valence-electron chi connectivity index (χ4n) is 26.0. The molecule has 1 atom stereocenters. The van der Waals surface area contributed by atoms with Crippen LogP contribution in [0.15, 0.2) is 0 Å². The summed E-state index contributed by atoms with van der Waals surface area (Å²) < 4.78 is 0. The van der Waals surface area contributed by atoms with Gasteiger partial charge in [0, 0.05) is 12.6 Å². The number of hydrogen-bond donors (Lipinski definition) is 0. The van der Waals surface area contributed by atoms with Crippen LogP contribution in [0.4, 0.5) is 0 Å². The number of nitrogens with zero attached hydrogens (tertiary/aromatic N) is 1. The summed E-state index contributed by atoms with van der Waals surface area (Å²) in [5, 5.41) is 91.9. The van der Waals surface area contributed by atoms with Crippen LogP contribution in [0.3, 0.4) is 0 Å². The third-order valence-corrected chi connectivity index (χ3v) is 25.9. The summed E-state index contributed by atoms with van der Waals surface area (Å²) >= 11 is 0. The Bertz CT molecular complexity index is 6880. The van der Waals surface area contributed by atoms with E-state index in [1.165, 1.54) is 19.3 Å². The topological polar surface area (TPSA) is 3.24 Å². The number of unbranched alkanes of at least 4 members (excludes halogenated alkanes) is 1. The predicted octanol–water partition coefficient (Wildman–Crippen LogP) is 17.8. The molecule has 0 N–H and O–H groups in total. The van der Waals surface area contributed by atoms with Gasteiger partial charge < -0.3 is 4.90 Å². The lowest BCUT2D eigenvalue weighted by molar-refractivity contribution is 0.246. The molecule has 2 spiro atoms. The molecule has 1 unspecified atom stereocenters. The Morgan fingerprint density at radius 3 is 0.647 bits per heavy atom. The van der Waals surface area contributed by atoms with Gasteiger partial charge in [-0.1, -0.05) is 19.8 Å². The largest absolute Gasteiger partial charge is 0.301 e. The minimum absolute atomic E-state index is 0.133. The summed E-state index contributed by atoms with van der Waals surface area (Å²) in [6.07, 6.45) is 3.81. The minimum atomic E-state index is -0.137. The standard InChI is InChI=1S/C67H15N/c1-3-4-5-7-67-64-58-52-42-30-22-14-10-8-9-12-16(14)24(30)34-28-20(12)21-13(9)17-15-11(8)19-18(10)26-32(22)40-46-36(26)37-27(19)33-23(15)31-25(17)35-29(21)39-38(28)50(44(34)52)60(64)61-51(39)45(35)53-43(31)49-41(33)47(37)55-54(46)62(56(58)48(40)42)66(67,6-68(7)2)63(55)57(49)59(53)65(61)67/h7H,3-6H2,1-2H3. The van der Waals surface area contributed by atoms with Gasteiger partial charge in [0.2, 0.25) is 0 Å². The van der Waals surface area contributed by atoms with E-state index < -0.39 is 0 Å². The smallest absolute Gasteiger partial charge is 0.0533 e. The highest BCUT2D eigenvalue weighted by molar-refractivity contribution is 6.82. The van der Waals surface area contributed by atoms with Crippen molar-refractivity contribution in [3.05, 3.63) is 22.3 Å². The van der Waals surface area contributed by atoms with Gasteiger partial charge in [-0.25, -0.2) is 0 Å². The first-order chi connectivity index (χ1) is 33.8. The Kier molecular flexibility index (Phi) is 2.14. The van der Waals surface area contributed by atoms with Crippen LogP contribution >= 0.6 is 0 Å². The highest BCUT2D eigenvalue weighted by atomic mass is 15.2. The van der Waals surface area contributed by atoms with Crippen molar-refractivity contribution in [2.24, 2.45) is 0 Å². The maximum Gasteiger partial charge on any atom is 0.0533 e. The number of rotatable bonds is 3. The highest BCUT2D eigenvalue weighted by Gasteiger charge is 2.75. The molecule has 28 aromatic rings. The lowest BCUT2D eigenvalue weighted by atomic mass is 9.48. The summed E-state index contributed by atoms with van der Waals surface area (Å²) in [6, 6.07) is 0.443. The zero-order valence-electron chi connectivity index (χ0n) is 35.9. The number of hydrogen-bond acceptors (Lipinski definition) is 1. The summed E-state index contributed by atoms with van der Waals surface area (Å²) in [4.78, 5) is 3.01. The third kappa shape index (κ3) is 1.30. The van der Waals surface area contributed by atoms with Gasteiger partial charge in [0.1, 0.15) is 0 Å². The Balaban J connectivity index is 1.22. The fourth-order valence-corrected chi connectivity index (χ4v) is 26.0. The van der Waals surface area contributed by atoms with Gasteiger partial charge >= 0.3 is 0 Å². The molecule has 1 aliphatic heterocycles. The molecule has 0 aromatic heterocycles. The molecule has 0 amide bonds. The summed E-state index contributed by atoms with van der Waals surface area (Å²) in [5.41, 5.74) is 7.08. The number of likely N-dealkylation sites (tertiary alicyclic amines) is 1. The van der Waals surface area contributed by atoms with E-state index in [9.17, 15) is 0 Å². The minimum Gasteiger partial charge on any atom is -0.301 e. The maximum absolute atomic E-state index is 3.01. The van der Waals surface area contributed by atoms with Crippen LogP contribution < -0.4 is 0 Å². The van der Waals surface area contributed by atoms with Gasteiger partial charge in [0.05, 0.1) is 10.8 Å². The van der Waals surface area contributed by atoms with Crippen LogP contribution in [0.5, 0.6) is 0 Å². The summed E-state index contributed by atoms with van der Waals surface area (Å²) in [6.45, 7) is 3.60. The van der Waals surface area contributed by atoms with Gasteiger partial charge in [-0.3, -0.25) is 0 Å². The quantitative estimate of drug-likeness (QED) is 0.160. The van der Waals surface area contributed by atoms with Crippen molar-refractivity contribution < 1.29 is 0 Å². The van der Waals surface area contributed by atoms with Crippen LogP contribution in [0.2, 0.25) is 0 Å². The zero-order valence-corrected chi connectivity index (χ0v) is 35.9. The van der Waals surface area contributed by atoms with E-state index in [2.05, 4.69) is 18.9 Å². The van der Waals surface area contributed by atoms with E-state index in [0.29, 0.717) is 6.04 Å². The molecule has 5 aliphatic rings. The van der Waals surface area contributed by atoms with Crippen molar-refractivity contribution in [2.45, 2.75) is 43.1 Å². The molecular weight excluding hydrogens is 819 g/mol. The van der Waals surface area contributed by atoms with Gasteiger partial charge in [-0.05, 0) is 327 Å². The van der Waals surface area contributed by atoms with Crippen LogP contribution in [-0.2, 0) is 10.8 Å². The SMILES string of the molecule is CCCCC1N(C)CC23c4c5c6c7c8c9c(c%10c%11c2c2c4c4c%12c5c5c6c6c8c8c%13c9c9c%10c%10c%11c%11c2c2c4c4c%12c%12c5c5c6c8c6c8c%13c9c9c%10c%10c%11c2c2c4c4c%12c5c6c5c8c9c%10c2c45)C713. The van der Waals surface area contributed by atoms with E-state index >= 15 is 0 Å². The second-order valence-electron chi connectivity index (χ2n) is 26.0. The van der Waals surface area contributed by atoms with Crippen molar-refractivity contribution in [3.63, 3.8) is 0 Å². The Morgan fingerprint density at radius 1 is 0.279 bits per heavy atom. The maximum atomic E-state index is 3.01. The van der Waals surface area contributed by atoms with Gasteiger partial charge in [0.25, 0.3) is 0 Å². The first-order valence-electron chi connectivity index (χ1n) is 26.3. The predicted molar refractivity (Wildman–Crippen MR) is 290 cm³/mol. The molecule has 1 nitrogen and oxygen atoms in total. The molecule has 33 rings (SSSR count). The van der Waals surface area contributed by atoms with Gasteiger partial charge in [-0.15, -0.1) is 0 Å². The first-order valence-corrected chi connectivity index (χ1v) is 26.3. The number of benzene rings is 18. The molecule has 0 radical (unpaired) electrons. The summed E-state index contributed by atoms with van der Waals surface area (Å²) in [5.74, 6) is 0. The van der Waals surface area contributed by atoms with Crippen LogP contribution in [-0.4, -0.2) is 24.5 Å².